The number of hydrazine groups is 1. The van der Waals surface area contributed by atoms with E-state index < -0.39 is 0 Å². The van der Waals surface area contributed by atoms with Gasteiger partial charge in [-0.05, 0) is 42.2 Å². The summed E-state index contributed by atoms with van der Waals surface area (Å²) in [5.41, 5.74) is 11.4. The first-order valence-electron chi connectivity index (χ1n) is 12.4. The first kappa shape index (κ1) is 24.3. The molecule has 188 valence electrons. The zero-order valence-corrected chi connectivity index (χ0v) is 21.0. The summed E-state index contributed by atoms with van der Waals surface area (Å²) in [5, 5.41) is 6.95. The van der Waals surface area contributed by atoms with E-state index in [9.17, 15) is 4.79 Å². The van der Waals surface area contributed by atoms with Gasteiger partial charge in [-0.25, -0.2) is 10.9 Å². The predicted octanol–water partition coefficient (Wildman–Crippen LogP) is 3.77. The number of piperidine rings is 1. The Morgan fingerprint density at radius 2 is 1.64 bits per heavy atom. The molecule has 3 aromatic carbocycles. The van der Waals surface area contributed by atoms with E-state index in [0.29, 0.717) is 24.5 Å². The maximum absolute atomic E-state index is 13.7. The Hall–Kier alpha value is -3.39. The van der Waals surface area contributed by atoms with Gasteiger partial charge in [0.25, 0.3) is 0 Å². The van der Waals surface area contributed by atoms with Gasteiger partial charge in [-0.2, -0.15) is 0 Å². The molecule has 7 heteroatoms. The van der Waals surface area contributed by atoms with Crippen LogP contribution in [-0.2, 0) is 11.3 Å². The molecule has 2 saturated heterocycles. The summed E-state index contributed by atoms with van der Waals surface area (Å²) in [6.45, 7) is 2.60. The molecule has 0 saturated carbocycles. The SMILES string of the molecule is COc1ccc(C2CC(C(=O)NCc3ccccc3)C3C(NNC3c3ccc(C)cc3)N2)cc1OC. The van der Waals surface area contributed by atoms with Crippen LogP contribution in [0.2, 0.25) is 0 Å². The Morgan fingerprint density at radius 1 is 0.917 bits per heavy atom. The zero-order valence-electron chi connectivity index (χ0n) is 21.0. The van der Waals surface area contributed by atoms with Crippen LogP contribution in [-0.4, -0.2) is 26.3 Å². The fourth-order valence-electron chi connectivity index (χ4n) is 5.46. The van der Waals surface area contributed by atoms with Crippen molar-refractivity contribution < 1.29 is 14.3 Å². The van der Waals surface area contributed by atoms with Crippen molar-refractivity contribution in [3.05, 3.63) is 95.1 Å². The number of fused-ring (bicyclic) bond motifs is 1. The molecular formula is C29H34N4O3. The van der Waals surface area contributed by atoms with Gasteiger partial charge < -0.3 is 14.8 Å². The van der Waals surface area contributed by atoms with Crippen LogP contribution in [0, 0.1) is 18.8 Å². The fourth-order valence-corrected chi connectivity index (χ4v) is 5.46. The molecule has 36 heavy (non-hydrogen) atoms. The van der Waals surface area contributed by atoms with Gasteiger partial charge in [-0.1, -0.05) is 66.2 Å². The second kappa shape index (κ2) is 10.7. The van der Waals surface area contributed by atoms with Crippen LogP contribution in [0.3, 0.4) is 0 Å². The first-order chi connectivity index (χ1) is 17.6. The molecular weight excluding hydrogens is 452 g/mol. The van der Waals surface area contributed by atoms with Crippen molar-refractivity contribution in [1.29, 1.82) is 0 Å². The predicted molar refractivity (Wildman–Crippen MR) is 139 cm³/mol. The van der Waals surface area contributed by atoms with E-state index in [1.165, 1.54) is 11.1 Å². The summed E-state index contributed by atoms with van der Waals surface area (Å²) in [6, 6.07) is 24.5. The molecule has 5 unspecified atom stereocenters. The highest BCUT2D eigenvalue weighted by molar-refractivity contribution is 5.79. The summed E-state index contributed by atoms with van der Waals surface area (Å²) in [4.78, 5) is 13.7. The zero-order chi connectivity index (χ0) is 25.1. The summed E-state index contributed by atoms with van der Waals surface area (Å²) in [7, 11) is 3.27. The van der Waals surface area contributed by atoms with Crippen molar-refractivity contribution in [2.24, 2.45) is 11.8 Å². The van der Waals surface area contributed by atoms with E-state index in [2.05, 4.69) is 52.7 Å². The molecule has 2 aliphatic rings. The molecule has 0 aromatic heterocycles. The lowest BCUT2D eigenvalue weighted by Gasteiger charge is -2.40. The molecule has 1 amide bonds. The average molecular weight is 487 g/mol. The van der Waals surface area contributed by atoms with Crippen molar-refractivity contribution in [1.82, 2.24) is 21.5 Å². The van der Waals surface area contributed by atoms with Gasteiger partial charge in [0, 0.05) is 24.4 Å². The van der Waals surface area contributed by atoms with Gasteiger partial charge in [0.05, 0.1) is 26.4 Å². The number of methoxy groups -OCH3 is 2. The number of benzene rings is 3. The monoisotopic (exact) mass is 486 g/mol. The normalized spacial score (nSPS) is 25.1. The highest BCUT2D eigenvalue weighted by atomic mass is 16.5. The van der Waals surface area contributed by atoms with Crippen molar-refractivity contribution in [3.63, 3.8) is 0 Å². The molecule has 0 spiro atoms. The Kier molecular flexibility index (Phi) is 7.23. The Labute approximate surface area is 212 Å². The third kappa shape index (κ3) is 4.95. The third-order valence-electron chi connectivity index (χ3n) is 7.39. The highest BCUT2D eigenvalue weighted by Gasteiger charge is 2.49. The maximum atomic E-state index is 13.7. The number of carbonyl (C=O) groups excluding carboxylic acids is 1. The Morgan fingerprint density at radius 3 is 2.36 bits per heavy atom. The molecule has 7 nitrogen and oxygen atoms in total. The summed E-state index contributed by atoms with van der Waals surface area (Å²) in [5.74, 6) is 1.28. The van der Waals surface area contributed by atoms with Crippen molar-refractivity contribution in [2.45, 2.75) is 38.1 Å². The summed E-state index contributed by atoms with van der Waals surface area (Å²) in [6.07, 6.45) is 0.596. The number of aryl methyl sites for hydroxylation is 1. The number of carbonyl (C=O) groups is 1. The lowest BCUT2D eigenvalue weighted by Crippen LogP contribution is -2.54. The van der Waals surface area contributed by atoms with E-state index in [1.54, 1.807) is 14.2 Å². The lowest BCUT2D eigenvalue weighted by atomic mass is 9.74. The minimum absolute atomic E-state index is 0.0157. The quantitative estimate of drug-likeness (QED) is 0.407. The van der Waals surface area contributed by atoms with E-state index >= 15 is 0 Å². The molecule has 3 aromatic rings. The number of amides is 1. The smallest absolute Gasteiger partial charge is 0.223 e. The molecule has 5 rings (SSSR count). The number of rotatable bonds is 7. The summed E-state index contributed by atoms with van der Waals surface area (Å²) < 4.78 is 11.0. The molecule has 2 heterocycles. The second-order valence-electron chi connectivity index (χ2n) is 9.61. The van der Waals surface area contributed by atoms with Crippen LogP contribution in [0.1, 0.15) is 40.8 Å². The molecule has 5 atom stereocenters. The minimum Gasteiger partial charge on any atom is -0.493 e. The third-order valence-corrected chi connectivity index (χ3v) is 7.39. The minimum atomic E-state index is -0.202. The van der Waals surface area contributed by atoms with E-state index in [0.717, 1.165) is 11.1 Å². The standard InChI is InChI=1S/C29H34N4O3/c1-18-9-11-20(12-10-18)27-26-22(29(34)30-17-19-7-5-4-6-8-19)16-23(31-28(26)33-32-27)21-13-14-24(35-2)25(15-21)36-3/h4-15,22-23,26-28,31-33H,16-17H2,1-3H3,(H,30,34). The number of hydrogen-bond donors (Lipinski definition) is 4. The molecule has 4 N–H and O–H groups in total. The molecule has 0 aliphatic carbocycles. The van der Waals surface area contributed by atoms with Crippen LogP contribution in [0.25, 0.3) is 0 Å². The van der Waals surface area contributed by atoms with Crippen molar-refractivity contribution in [2.75, 3.05) is 14.2 Å². The first-order valence-corrected chi connectivity index (χ1v) is 12.4. The van der Waals surface area contributed by atoms with Crippen LogP contribution in [0.4, 0.5) is 0 Å². The fraction of sp³-hybridized carbons (Fsp3) is 0.345. The van der Waals surface area contributed by atoms with Gasteiger partial charge in [0.1, 0.15) is 0 Å². The largest absolute Gasteiger partial charge is 0.493 e. The lowest BCUT2D eigenvalue weighted by molar-refractivity contribution is -0.129. The van der Waals surface area contributed by atoms with E-state index in [4.69, 9.17) is 9.47 Å². The van der Waals surface area contributed by atoms with Gasteiger partial charge in [0.2, 0.25) is 5.91 Å². The maximum Gasteiger partial charge on any atom is 0.223 e. The van der Waals surface area contributed by atoms with Crippen LogP contribution in [0.5, 0.6) is 11.5 Å². The van der Waals surface area contributed by atoms with Crippen molar-refractivity contribution >= 4 is 5.91 Å². The Balaban J connectivity index is 1.43. The van der Waals surface area contributed by atoms with Crippen molar-refractivity contribution in [3.8, 4) is 11.5 Å². The van der Waals surface area contributed by atoms with Crippen LogP contribution in [0.15, 0.2) is 72.8 Å². The average Bonchev–Trinajstić information content (AvgIpc) is 3.36. The molecule has 0 radical (unpaired) electrons. The highest BCUT2D eigenvalue weighted by Crippen LogP contribution is 2.43. The van der Waals surface area contributed by atoms with Crippen LogP contribution < -0.4 is 31.0 Å². The molecule has 2 fully saturated rings. The van der Waals surface area contributed by atoms with Gasteiger partial charge in [0.15, 0.2) is 11.5 Å². The number of ether oxygens (including phenoxy) is 2. The van der Waals surface area contributed by atoms with Gasteiger partial charge in [-0.3, -0.25) is 10.1 Å². The van der Waals surface area contributed by atoms with E-state index in [-0.39, 0.29) is 36.0 Å². The molecule has 0 bridgehead atoms. The topological polar surface area (TPSA) is 83.7 Å². The molecule has 2 aliphatic heterocycles. The summed E-state index contributed by atoms with van der Waals surface area (Å²) >= 11 is 0. The number of hydrogen-bond acceptors (Lipinski definition) is 6. The van der Waals surface area contributed by atoms with E-state index in [1.807, 2.05) is 48.5 Å². The Bertz CT molecular complexity index is 1180. The van der Waals surface area contributed by atoms with Gasteiger partial charge >= 0.3 is 0 Å². The van der Waals surface area contributed by atoms with Gasteiger partial charge in [-0.15, -0.1) is 0 Å². The van der Waals surface area contributed by atoms with Crippen LogP contribution >= 0.6 is 0 Å². The second-order valence-corrected chi connectivity index (χ2v) is 9.61. The number of nitrogens with one attached hydrogen (secondary N) is 4.